The van der Waals surface area contributed by atoms with Gasteiger partial charge in [-0.3, -0.25) is 9.59 Å². The van der Waals surface area contributed by atoms with Crippen molar-refractivity contribution in [3.63, 3.8) is 0 Å². The van der Waals surface area contributed by atoms with Gasteiger partial charge in [-0.2, -0.15) is 0 Å². The van der Waals surface area contributed by atoms with E-state index in [9.17, 15) is 9.59 Å². The summed E-state index contributed by atoms with van der Waals surface area (Å²) >= 11 is 0. The Hall–Kier alpha value is -3.98. The van der Waals surface area contributed by atoms with E-state index in [1.165, 1.54) is 0 Å². The van der Waals surface area contributed by atoms with E-state index in [-0.39, 0.29) is 17.9 Å². The number of hydrogen-bond acceptors (Lipinski definition) is 7. The van der Waals surface area contributed by atoms with E-state index in [0.717, 1.165) is 47.5 Å². The van der Waals surface area contributed by atoms with E-state index in [2.05, 4.69) is 15.3 Å². The van der Waals surface area contributed by atoms with E-state index in [0.29, 0.717) is 43.4 Å². The molecule has 0 saturated carbocycles. The van der Waals surface area contributed by atoms with Gasteiger partial charge in [-0.05, 0) is 48.2 Å². The van der Waals surface area contributed by atoms with Gasteiger partial charge in [0.15, 0.2) is 0 Å². The number of rotatable bonds is 6. The number of amides is 2. The van der Waals surface area contributed by atoms with Crippen LogP contribution in [0.25, 0.3) is 11.1 Å². The highest BCUT2D eigenvalue weighted by atomic mass is 16.5. The van der Waals surface area contributed by atoms with E-state index < -0.39 is 0 Å². The summed E-state index contributed by atoms with van der Waals surface area (Å²) in [5.74, 6) is 1.41. The van der Waals surface area contributed by atoms with Crippen LogP contribution in [0.3, 0.4) is 0 Å². The minimum absolute atomic E-state index is 0.0720. The number of hydrogen-bond donors (Lipinski definition) is 1. The molecule has 0 aliphatic carbocycles. The van der Waals surface area contributed by atoms with Crippen molar-refractivity contribution >= 4 is 34.7 Å². The van der Waals surface area contributed by atoms with Crippen LogP contribution in [0.4, 0.5) is 22.9 Å². The monoisotopic (exact) mass is 485 g/mol. The van der Waals surface area contributed by atoms with Gasteiger partial charge in [-0.15, -0.1) is 0 Å². The van der Waals surface area contributed by atoms with Crippen LogP contribution in [0.1, 0.15) is 31.2 Å². The Bertz CT molecular complexity index is 1330. The number of benzene rings is 1. The molecule has 2 aromatic heterocycles. The second-order valence-electron chi connectivity index (χ2n) is 9.30. The van der Waals surface area contributed by atoms with Crippen LogP contribution in [-0.2, 0) is 20.9 Å². The number of nitrogens with zero attached hydrogens (tertiary/aromatic N) is 4. The number of nitrogens with one attached hydrogen (secondary N) is 1. The molecule has 0 spiro atoms. The van der Waals surface area contributed by atoms with E-state index >= 15 is 0 Å². The highest BCUT2D eigenvalue weighted by Gasteiger charge is 2.38. The molecule has 2 fully saturated rings. The summed E-state index contributed by atoms with van der Waals surface area (Å²) in [6.45, 7) is 1.67. The number of pyridine rings is 2. The van der Waals surface area contributed by atoms with Gasteiger partial charge < -0.3 is 24.6 Å². The maximum atomic E-state index is 12.4. The zero-order valence-electron chi connectivity index (χ0n) is 20.1. The molecule has 9 heteroatoms. The van der Waals surface area contributed by atoms with Gasteiger partial charge in [-0.1, -0.05) is 12.1 Å². The Morgan fingerprint density at radius 1 is 1.08 bits per heavy atom. The van der Waals surface area contributed by atoms with Crippen molar-refractivity contribution in [2.45, 2.75) is 38.3 Å². The Morgan fingerprint density at radius 3 is 2.72 bits per heavy atom. The van der Waals surface area contributed by atoms with Crippen molar-refractivity contribution in [2.24, 2.45) is 0 Å². The molecule has 9 nitrogen and oxygen atoms in total. The molecular weight excluding hydrogens is 458 g/mol. The van der Waals surface area contributed by atoms with Crippen molar-refractivity contribution in [1.82, 2.24) is 9.97 Å². The van der Waals surface area contributed by atoms with Crippen LogP contribution in [-0.4, -0.2) is 48.1 Å². The Kier molecular flexibility index (Phi) is 5.77. The fraction of sp³-hybridized carbons (Fsp3) is 0.333. The predicted molar refractivity (Wildman–Crippen MR) is 135 cm³/mol. The van der Waals surface area contributed by atoms with Gasteiger partial charge in [0, 0.05) is 43.9 Å². The molecule has 3 aromatic rings. The molecule has 1 aromatic carbocycles. The fourth-order valence-corrected chi connectivity index (χ4v) is 5.19. The minimum Gasteiger partial charge on any atom is -0.474 e. The second kappa shape index (κ2) is 9.23. The van der Waals surface area contributed by atoms with Crippen molar-refractivity contribution < 1.29 is 19.1 Å². The fourth-order valence-electron chi connectivity index (χ4n) is 5.19. The molecule has 36 heavy (non-hydrogen) atoms. The van der Waals surface area contributed by atoms with Crippen molar-refractivity contribution in [1.29, 1.82) is 0 Å². The smallest absolute Gasteiger partial charge is 0.238 e. The number of carbonyl (C=O) groups is 2. The number of carbonyl (C=O) groups excluding carboxylic acids is 2. The Labute approximate surface area is 209 Å². The van der Waals surface area contributed by atoms with Crippen LogP contribution in [0.5, 0.6) is 5.88 Å². The van der Waals surface area contributed by atoms with Crippen LogP contribution < -0.4 is 19.9 Å². The summed E-state index contributed by atoms with van der Waals surface area (Å²) < 4.78 is 11.2. The summed E-state index contributed by atoms with van der Waals surface area (Å²) in [5.41, 5.74) is 5.28. The molecular formula is C27H27N5O4. The second-order valence-corrected chi connectivity index (χ2v) is 9.30. The van der Waals surface area contributed by atoms with E-state index in [4.69, 9.17) is 9.47 Å². The number of methoxy groups -OCH3 is 1. The topological polar surface area (TPSA) is 96.9 Å². The van der Waals surface area contributed by atoms with Gasteiger partial charge in [0.05, 0.1) is 24.5 Å². The summed E-state index contributed by atoms with van der Waals surface area (Å²) in [5, 5.41) is 3.31. The first kappa shape index (κ1) is 22.5. The van der Waals surface area contributed by atoms with Crippen LogP contribution >= 0.6 is 0 Å². The number of aromatic nitrogens is 2. The summed E-state index contributed by atoms with van der Waals surface area (Å²) in [6.07, 6.45) is 6.35. The average Bonchev–Trinajstić information content (AvgIpc) is 3.50. The average molecular weight is 486 g/mol. The quantitative estimate of drug-likeness (QED) is 0.563. The number of anilines is 4. The molecule has 1 atom stereocenters. The lowest BCUT2D eigenvalue weighted by molar-refractivity contribution is -0.118. The highest BCUT2D eigenvalue weighted by Crippen LogP contribution is 2.39. The lowest BCUT2D eigenvalue weighted by Gasteiger charge is -2.31. The third-order valence-electron chi connectivity index (χ3n) is 6.95. The molecule has 0 bridgehead atoms. The molecule has 5 heterocycles. The molecule has 2 saturated heterocycles. The third-order valence-corrected chi connectivity index (χ3v) is 6.95. The maximum absolute atomic E-state index is 12.4. The van der Waals surface area contributed by atoms with Gasteiger partial charge in [0.25, 0.3) is 0 Å². The summed E-state index contributed by atoms with van der Waals surface area (Å²) in [7, 11) is 1.66. The normalized spacial score (nSPS) is 18.8. The summed E-state index contributed by atoms with van der Waals surface area (Å²) in [4.78, 5) is 37.2. The molecule has 1 N–H and O–H groups in total. The van der Waals surface area contributed by atoms with Gasteiger partial charge in [0.2, 0.25) is 17.7 Å². The molecule has 2 amide bonds. The van der Waals surface area contributed by atoms with Crippen LogP contribution in [0.15, 0.2) is 48.8 Å². The lowest BCUT2D eigenvalue weighted by atomic mass is 10.0. The number of fused-ring (bicyclic) bond motifs is 3. The predicted octanol–water partition coefficient (Wildman–Crippen LogP) is 4.05. The SMILES string of the molecule is COCc1cc(Nc2cnc3c(c2)N2C(=O)CC[C@H]2CO3)ncc1-c1ccc(N2CCCC2=O)cc1. The van der Waals surface area contributed by atoms with Crippen LogP contribution in [0.2, 0.25) is 0 Å². The zero-order chi connectivity index (χ0) is 24.6. The standard InChI is InChI=1S/C27H27N5O4/c1-35-15-18-11-24(28-14-22(18)17-4-6-20(7-5-17)31-10-2-3-25(31)33)30-19-12-23-27(29-13-19)36-16-21-8-9-26(34)32(21)23/h4-7,11-14,21H,2-3,8-10,15-16H2,1H3,(H,28,30)/t21-/m0/s1. The first-order valence-corrected chi connectivity index (χ1v) is 12.2. The minimum atomic E-state index is 0.0720. The van der Waals surface area contributed by atoms with E-state index in [1.54, 1.807) is 13.3 Å². The Morgan fingerprint density at radius 2 is 1.94 bits per heavy atom. The largest absolute Gasteiger partial charge is 0.474 e. The zero-order valence-corrected chi connectivity index (χ0v) is 20.1. The molecule has 0 radical (unpaired) electrons. The van der Waals surface area contributed by atoms with Gasteiger partial charge in [-0.25, -0.2) is 9.97 Å². The van der Waals surface area contributed by atoms with E-state index in [1.807, 2.05) is 52.4 Å². The Balaban J connectivity index is 1.26. The summed E-state index contributed by atoms with van der Waals surface area (Å²) in [6, 6.07) is 11.9. The first-order valence-electron chi connectivity index (χ1n) is 12.2. The lowest BCUT2D eigenvalue weighted by Crippen LogP contribution is -2.40. The molecule has 0 unspecified atom stereocenters. The molecule has 3 aliphatic rings. The van der Waals surface area contributed by atoms with Crippen molar-refractivity contribution in [3.05, 3.63) is 54.4 Å². The molecule has 184 valence electrons. The maximum Gasteiger partial charge on any atom is 0.238 e. The van der Waals surface area contributed by atoms with Crippen LogP contribution in [0, 0.1) is 0 Å². The van der Waals surface area contributed by atoms with Gasteiger partial charge >= 0.3 is 0 Å². The van der Waals surface area contributed by atoms with Gasteiger partial charge in [0.1, 0.15) is 18.1 Å². The van der Waals surface area contributed by atoms with Crippen molar-refractivity contribution in [3.8, 4) is 17.0 Å². The molecule has 6 rings (SSSR count). The third kappa shape index (κ3) is 4.05. The van der Waals surface area contributed by atoms with Crippen molar-refractivity contribution in [2.75, 3.05) is 35.4 Å². The molecule has 3 aliphatic heterocycles. The number of ether oxygens (including phenoxy) is 2. The first-order chi connectivity index (χ1) is 17.6. The highest BCUT2D eigenvalue weighted by molar-refractivity contribution is 5.98.